The predicted molar refractivity (Wildman–Crippen MR) is 108 cm³/mol. The summed E-state index contributed by atoms with van der Waals surface area (Å²) in [5.74, 6) is 0.977. The molecule has 0 spiro atoms. The maximum atomic E-state index is 12.9. The summed E-state index contributed by atoms with van der Waals surface area (Å²) in [5.41, 5.74) is 1.13. The molecule has 1 N–H and O–H groups in total. The number of aromatic nitrogens is 1. The van der Waals surface area contributed by atoms with Crippen LogP contribution in [0.25, 0.3) is 0 Å². The fourth-order valence-corrected chi connectivity index (χ4v) is 5.00. The number of amides is 1. The van der Waals surface area contributed by atoms with E-state index in [0.29, 0.717) is 51.0 Å². The van der Waals surface area contributed by atoms with Gasteiger partial charge in [0, 0.05) is 26.3 Å². The fraction of sp³-hybridized carbons (Fsp3) is 0.450. The third kappa shape index (κ3) is 4.03. The van der Waals surface area contributed by atoms with E-state index in [4.69, 9.17) is 14.2 Å². The van der Waals surface area contributed by atoms with Crippen molar-refractivity contribution < 1.29 is 27.4 Å². The largest absolute Gasteiger partial charge is 0.486 e. The number of fused-ring (bicyclic) bond motifs is 1. The summed E-state index contributed by atoms with van der Waals surface area (Å²) in [7, 11) is -2.01. The van der Waals surface area contributed by atoms with Gasteiger partial charge in [-0.05, 0) is 30.7 Å². The van der Waals surface area contributed by atoms with Crippen LogP contribution in [0.5, 0.6) is 11.5 Å². The molecule has 0 aliphatic carbocycles. The summed E-state index contributed by atoms with van der Waals surface area (Å²) >= 11 is 0. The molecule has 1 fully saturated rings. The Bertz CT molecular complexity index is 1040. The average molecular weight is 436 g/mol. The van der Waals surface area contributed by atoms with Crippen LogP contribution in [0.2, 0.25) is 0 Å². The molecule has 0 unspecified atom stereocenters. The molecule has 4 rings (SSSR count). The molecule has 1 amide bonds. The van der Waals surface area contributed by atoms with Crippen molar-refractivity contribution in [2.75, 3.05) is 39.5 Å². The van der Waals surface area contributed by atoms with E-state index in [1.54, 1.807) is 7.05 Å². The number of hydrogen-bond acceptors (Lipinski definition) is 6. The number of morpholine rings is 1. The quantitative estimate of drug-likeness (QED) is 0.760. The van der Waals surface area contributed by atoms with Crippen LogP contribution in [-0.2, 0) is 21.8 Å². The van der Waals surface area contributed by atoms with Crippen LogP contribution in [0.1, 0.15) is 29.0 Å². The Labute approximate surface area is 175 Å². The van der Waals surface area contributed by atoms with Crippen LogP contribution in [0.3, 0.4) is 0 Å². The minimum absolute atomic E-state index is 0.101. The molecule has 2 aliphatic rings. The smallest absolute Gasteiger partial charge is 0.268 e. The number of rotatable bonds is 5. The lowest BCUT2D eigenvalue weighted by molar-refractivity contribution is 0.0730. The molecular formula is C20H25N3O6S. The molecule has 162 valence electrons. The summed E-state index contributed by atoms with van der Waals surface area (Å²) in [6, 6.07) is 6.65. The maximum absolute atomic E-state index is 12.9. The number of sulfonamides is 1. The van der Waals surface area contributed by atoms with E-state index >= 15 is 0 Å². The van der Waals surface area contributed by atoms with Gasteiger partial charge in [0.25, 0.3) is 5.91 Å². The Balaban J connectivity index is 1.50. The van der Waals surface area contributed by atoms with Crippen LogP contribution in [-0.4, -0.2) is 62.7 Å². The van der Waals surface area contributed by atoms with E-state index in [2.05, 4.69) is 5.32 Å². The molecule has 30 heavy (non-hydrogen) atoms. The standard InChI is InChI=1S/C20H25N3O6S/c1-14(15-3-4-18-19(11-15)29-10-9-28-18)21-20(24)17-12-16(13-22(17)2)30(25,26)23-5-7-27-8-6-23/h3-4,11-14H,5-10H2,1-2H3,(H,21,24)/t14-/m0/s1. The van der Waals surface area contributed by atoms with Gasteiger partial charge in [-0.3, -0.25) is 4.79 Å². The molecule has 1 saturated heterocycles. The fourth-order valence-electron chi connectivity index (χ4n) is 3.52. The van der Waals surface area contributed by atoms with Gasteiger partial charge in [0.05, 0.1) is 19.3 Å². The Hall–Kier alpha value is -2.56. The molecule has 1 aromatic heterocycles. The van der Waals surface area contributed by atoms with Crippen molar-refractivity contribution in [2.45, 2.75) is 17.9 Å². The normalized spacial score (nSPS) is 18.1. The van der Waals surface area contributed by atoms with Crippen molar-refractivity contribution >= 4 is 15.9 Å². The minimum Gasteiger partial charge on any atom is -0.486 e. The van der Waals surface area contributed by atoms with Gasteiger partial charge in [-0.25, -0.2) is 8.42 Å². The molecule has 0 radical (unpaired) electrons. The van der Waals surface area contributed by atoms with Crippen molar-refractivity contribution in [3.05, 3.63) is 41.7 Å². The predicted octanol–water partition coefficient (Wildman–Crippen LogP) is 1.31. The highest BCUT2D eigenvalue weighted by molar-refractivity contribution is 7.89. The third-order valence-corrected chi connectivity index (χ3v) is 7.10. The number of ether oxygens (including phenoxy) is 3. The van der Waals surface area contributed by atoms with Crippen LogP contribution in [0, 0.1) is 0 Å². The number of carbonyl (C=O) groups excluding carboxylic acids is 1. The van der Waals surface area contributed by atoms with E-state index in [-0.39, 0.29) is 22.5 Å². The lowest BCUT2D eigenvalue weighted by Crippen LogP contribution is -2.40. The molecule has 1 atom stereocenters. The van der Waals surface area contributed by atoms with E-state index in [1.807, 2.05) is 25.1 Å². The molecule has 0 bridgehead atoms. The summed E-state index contributed by atoms with van der Waals surface area (Å²) < 4.78 is 45.0. The van der Waals surface area contributed by atoms with Crippen LogP contribution in [0.15, 0.2) is 35.4 Å². The minimum atomic E-state index is -3.67. The molecule has 10 heteroatoms. The third-order valence-electron chi connectivity index (χ3n) is 5.23. The van der Waals surface area contributed by atoms with Gasteiger partial charge < -0.3 is 24.1 Å². The lowest BCUT2D eigenvalue weighted by Gasteiger charge is -2.25. The first-order chi connectivity index (χ1) is 14.4. The van der Waals surface area contributed by atoms with Gasteiger partial charge >= 0.3 is 0 Å². The SMILES string of the molecule is C[C@H](NC(=O)c1cc(S(=O)(=O)N2CCOCC2)cn1C)c1ccc2c(c1)OCCO2. The highest BCUT2D eigenvalue weighted by atomic mass is 32.2. The number of aryl methyl sites for hydroxylation is 1. The number of benzene rings is 1. The molecular weight excluding hydrogens is 410 g/mol. The Morgan fingerprint density at radius 2 is 1.77 bits per heavy atom. The van der Waals surface area contributed by atoms with Gasteiger partial charge in [0.2, 0.25) is 10.0 Å². The zero-order chi connectivity index (χ0) is 21.3. The second-order valence-electron chi connectivity index (χ2n) is 7.29. The van der Waals surface area contributed by atoms with Crippen molar-refractivity contribution in [3.63, 3.8) is 0 Å². The highest BCUT2D eigenvalue weighted by Gasteiger charge is 2.29. The van der Waals surface area contributed by atoms with E-state index in [1.165, 1.54) is 21.1 Å². The Kier molecular flexibility index (Phi) is 5.72. The summed E-state index contributed by atoms with van der Waals surface area (Å²) in [4.78, 5) is 12.9. The van der Waals surface area contributed by atoms with Crippen LogP contribution >= 0.6 is 0 Å². The second kappa shape index (κ2) is 8.29. The summed E-state index contributed by atoms with van der Waals surface area (Å²) in [6.45, 7) is 4.21. The molecule has 9 nitrogen and oxygen atoms in total. The molecule has 1 aromatic carbocycles. The Morgan fingerprint density at radius 1 is 1.07 bits per heavy atom. The van der Waals surface area contributed by atoms with Crippen molar-refractivity contribution in [3.8, 4) is 11.5 Å². The zero-order valence-electron chi connectivity index (χ0n) is 17.0. The number of nitrogens with one attached hydrogen (secondary N) is 1. The maximum Gasteiger partial charge on any atom is 0.268 e. The van der Waals surface area contributed by atoms with Gasteiger partial charge in [-0.15, -0.1) is 0 Å². The highest BCUT2D eigenvalue weighted by Crippen LogP contribution is 2.32. The monoisotopic (exact) mass is 435 g/mol. The van der Waals surface area contributed by atoms with E-state index in [9.17, 15) is 13.2 Å². The van der Waals surface area contributed by atoms with Crippen molar-refractivity contribution in [1.29, 1.82) is 0 Å². The topological polar surface area (TPSA) is 99.1 Å². The molecule has 3 heterocycles. The van der Waals surface area contributed by atoms with Crippen LogP contribution < -0.4 is 14.8 Å². The molecule has 2 aromatic rings. The number of nitrogens with zero attached hydrogens (tertiary/aromatic N) is 2. The van der Waals surface area contributed by atoms with Gasteiger partial charge in [-0.1, -0.05) is 6.07 Å². The first-order valence-electron chi connectivity index (χ1n) is 9.81. The Morgan fingerprint density at radius 3 is 2.50 bits per heavy atom. The van der Waals surface area contributed by atoms with Gasteiger partial charge in [0.1, 0.15) is 23.8 Å². The zero-order valence-corrected chi connectivity index (χ0v) is 17.8. The van der Waals surface area contributed by atoms with Gasteiger partial charge in [0.15, 0.2) is 11.5 Å². The van der Waals surface area contributed by atoms with Crippen LogP contribution in [0.4, 0.5) is 0 Å². The lowest BCUT2D eigenvalue weighted by atomic mass is 10.1. The number of hydrogen-bond donors (Lipinski definition) is 1. The van der Waals surface area contributed by atoms with Crippen molar-refractivity contribution in [2.24, 2.45) is 7.05 Å². The first kappa shape index (κ1) is 20.7. The van der Waals surface area contributed by atoms with E-state index < -0.39 is 10.0 Å². The molecule has 2 aliphatic heterocycles. The average Bonchev–Trinajstić information content (AvgIpc) is 3.16. The van der Waals surface area contributed by atoms with Crippen molar-refractivity contribution in [1.82, 2.24) is 14.2 Å². The first-order valence-corrected chi connectivity index (χ1v) is 11.2. The summed E-state index contributed by atoms with van der Waals surface area (Å²) in [5, 5.41) is 2.92. The van der Waals surface area contributed by atoms with E-state index in [0.717, 1.165) is 5.56 Å². The summed E-state index contributed by atoms with van der Waals surface area (Å²) in [6.07, 6.45) is 1.47. The second-order valence-corrected chi connectivity index (χ2v) is 9.22. The van der Waals surface area contributed by atoms with Gasteiger partial charge in [-0.2, -0.15) is 4.31 Å². The molecule has 0 saturated carbocycles. The number of carbonyl (C=O) groups is 1.